The van der Waals surface area contributed by atoms with Gasteiger partial charge in [0.1, 0.15) is 0 Å². The molecule has 1 aliphatic heterocycles. The number of rotatable bonds is 0. The maximum Gasteiger partial charge on any atom is 1.00 e. The summed E-state index contributed by atoms with van der Waals surface area (Å²) in [6.07, 6.45) is 0. The fourth-order valence-corrected chi connectivity index (χ4v) is 1.12. The van der Waals surface area contributed by atoms with Crippen molar-refractivity contribution < 1.29 is 29.9 Å². The van der Waals surface area contributed by atoms with Crippen LogP contribution < -0.4 is 24.2 Å². The molecular weight excluding hydrogens is 149 g/mol. The van der Waals surface area contributed by atoms with Gasteiger partial charge in [-0.1, -0.05) is 12.1 Å². The first kappa shape index (κ1) is 9.05. The van der Waals surface area contributed by atoms with Gasteiger partial charge < -0.3 is 1.43 Å². The molecule has 2 rings (SSSR count). The molecule has 1 N–H and O–H groups in total. The number of fused-ring (bicyclic) bond motifs is 1. The van der Waals surface area contributed by atoms with Gasteiger partial charge in [0, 0.05) is 0 Å². The average molecular weight is 155 g/mol. The van der Waals surface area contributed by atoms with E-state index in [1.165, 1.54) is 0 Å². The van der Waals surface area contributed by atoms with Crippen LogP contribution in [0.2, 0.25) is 0 Å². The van der Waals surface area contributed by atoms with Gasteiger partial charge in [-0.05, 0) is 12.1 Å². The number of amides is 2. The van der Waals surface area contributed by atoms with Crippen molar-refractivity contribution in [1.29, 1.82) is 0 Å². The van der Waals surface area contributed by atoms with Crippen LogP contribution in [0.5, 0.6) is 0 Å². The third-order valence-electron chi connectivity index (χ3n) is 1.64. The van der Waals surface area contributed by atoms with E-state index in [4.69, 9.17) is 0 Å². The first-order valence-corrected chi connectivity index (χ1v) is 3.24. The minimum atomic E-state index is -0.300. The van der Waals surface area contributed by atoms with Crippen LogP contribution in [0.4, 0.5) is 0 Å². The minimum Gasteiger partial charge on any atom is -1.00 e. The Hall–Kier alpha value is -1.04. The monoisotopic (exact) mass is 155 g/mol. The summed E-state index contributed by atoms with van der Waals surface area (Å²) in [5, 5.41) is 2.20. The molecule has 56 valence electrons. The maximum atomic E-state index is 10.9. The van der Waals surface area contributed by atoms with E-state index in [0.717, 1.165) is 0 Å². The summed E-state index contributed by atoms with van der Waals surface area (Å²) >= 11 is 0. The molecule has 0 saturated heterocycles. The SMILES string of the molecule is O=C1NC(=O)c2ccccc21.[H-].[Li+]. The van der Waals surface area contributed by atoms with Crippen LogP contribution in [0.1, 0.15) is 22.1 Å². The molecule has 1 heterocycles. The van der Waals surface area contributed by atoms with E-state index >= 15 is 0 Å². The topological polar surface area (TPSA) is 46.2 Å². The molecule has 0 aliphatic carbocycles. The number of imide groups is 1. The number of benzene rings is 1. The van der Waals surface area contributed by atoms with Gasteiger partial charge in [-0.2, -0.15) is 0 Å². The fourth-order valence-electron chi connectivity index (χ4n) is 1.12. The zero-order valence-corrected chi connectivity index (χ0v) is 6.63. The van der Waals surface area contributed by atoms with Crippen molar-refractivity contribution in [2.75, 3.05) is 0 Å². The Morgan fingerprint density at radius 2 is 1.42 bits per heavy atom. The van der Waals surface area contributed by atoms with Gasteiger partial charge in [0.2, 0.25) is 0 Å². The molecule has 1 aromatic carbocycles. The van der Waals surface area contributed by atoms with Crippen molar-refractivity contribution in [3.8, 4) is 0 Å². The quantitative estimate of drug-likeness (QED) is 0.338. The van der Waals surface area contributed by atoms with Crippen LogP contribution in [-0.4, -0.2) is 11.8 Å². The Morgan fingerprint density at radius 1 is 1.00 bits per heavy atom. The van der Waals surface area contributed by atoms with Crippen molar-refractivity contribution in [2.24, 2.45) is 0 Å². The molecule has 0 radical (unpaired) electrons. The van der Waals surface area contributed by atoms with Gasteiger partial charge in [-0.3, -0.25) is 14.9 Å². The number of nitrogens with one attached hydrogen (secondary N) is 1. The molecule has 4 heteroatoms. The zero-order valence-electron chi connectivity index (χ0n) is 7.63. The Labute approximate surface area is 82.8 Å². The van der Waals surface area contributed by atoms with Crippen LogP contribution in [0.25, 0.3) is 0 Å². The first-order chi connectivity index (χ1) is 5.29. The number of carbonyl (C=O) groups is 2. The molecule has 0 atom stereocenters. The second kappa shape index (κ2) is 3.14. The van der Waals surface area contributed by atoms with Crippen LogP contribution in [0.3, 0.4) is 0 Å². The minimum absolute atomic E-state index is 0. The molecule has 1 aromatic rings. The van der Waals surface area contributed by atoms with Crippen LogP contribution in [0.15, 0.2) is 24.3 Å². The molecular formula is C8H6LiNO2. The second-order valence-corrected chi connectivity index (χ2v) is 2.33. The first-order valence-electron chi connectivity index (χ1n) is 3.24. The van der Waals surface area contributed by atoms with Gasteiger partial charge in [0.15, 0.2) is 0 Å². The molecule has 3 nitrogen and oxygen atoms in total. The molecule has 0 fully saturated rings. The van der Waals surface area contributed by atoms with Gasteiger partial charge >= 0.3 is 18.9 Å². The predicted octanol–water partition coefficient (Wildman–Crippen LogP) is -2.31. The average Bonchev–Trinajstić information content (AvgIpc) is 2.30. The second-order valence-electron chi connectivity index (χ2n) is 2.33. The molecule has 1 aliphatic rings. The van der Waals surface area contributed by atoms with E-state index in [0.29, 0.717) is 11.1 Å². The van der Waals surface area contributed by atoms with Gasteiger partial charge in [-0.25, -0.2) is 0 Å². The molecule has 2 amide bonds. The van der Waals surface area contributed by atoms with E-state index in [-0.39, 0.29) is 32.1 Å². The smallest absolute Gasteiger partial charge is 1.00 e. The van der Waals surface area contributed by atoms with E-state index in [2.05, 4.69) is 5.32 Å². The van der Waals surface area contributed by atoms with Crippen molar-refractivity contribution in [2.45, 2.75) is 0 Å². The van der Waals surface area contributed by atoms with Crippen molar-refractivity contribution in [3.05, 3.63) is 35.4 Å². The Balaban J connectivity index is 0.000000720. The summed E-state index contributed by atoms with van der Waals surface area (Å²) in [6.45, 7) is 0. The van der Waals surface area contributed by atoms with Crippen LogP contribution >= 0.6 is 0 Å². The standard InChI is InChI=1S/C8H5NO2.Li.H/c10-7-5-3-1-2-4-6(5)8(11)9-7;;/h1-4H,(H,9,10,11);;/q;+1;-1. The molecule has 0 spiro atoms. The molecule has 0 saturated carbocycles. The van der Waals surface area contributed by atoms with E-state index in [1.807, 2.05) is 0 Å². The van der Waals surface area contributed by atoms with E-state index in [1.54, 1.807) is 24.3 Å². The van der Waals surface area contributed by atoms with Crippen LogP contribution in [0, 0.1) is 0 Å². The third kappa shape index (κ3) is 1.18. The summed E-state index contributed by atoms with van der Waals surface area (Å²) in [4.78, 5) is 21.9. The molecule has 0 bridgehead atoms. The maximum absolute atomic E-state index is 10.9. The summed E-state index contributed by atoms with van der Waals surface area (Å²) in [7, 11) is 0. The summed E-state index contributed by atoms with van der Waals surface area (Å²) in [6, 6.07) is 6.74. The molecule has 0 unspecified atom stereocenters. The van der Waals surface area contributed by atoms with Gasteiger partial charge in [-0.15, -0.1) is 0 Å². The number of hydrogen-bond acceptors (Lipinski definition) is 2. The summed E-state index contributed by atoms with van der Waals surface area (Å²) < 4.78 is 0. The summed E-state index contributed by atoms with van der Waals surface area (Å²) in [5.74, 6) is -0.601. The summed E-state index contributed by atoms with van der Waals surface area (Å²) in [5.41, 5.74) is 0.940. The Bertz CT molecular complexity index is 321. The van der Waals surface area contributed by atoms with E-state index in [9.17, 15) is 9.59 Å². The zero-order chi connectivity index (χ0) is 7.84. The van der Waals surface area contributed by atoms with Crippen molar-refractivity contribution >= 4 is 11.8 Å². The van der Waals surface area contributed by atoms with Crippen molar-refractivity contribution in [3.63, 3.8) is 0 Å². The number of hydrogen-bond donors (Lipinski definition) is 1. The predicted molar refractivity (Wildman–Crippen MR) is 39.4 cm³/mol. The van der Waals surface area contributed by atoms with Crippen LogP contribution in [-0.2, 0) is 0 Å². The fraction of sp³-hybridized carbons (Fsp3) is 0. The largest absolute Gasteiger partial charge is 1.00 e. The van der Waals surface area contributed by atoms with Gasteiger partial charge in [0.05, 0.1) is 11.1 Å². The Kier molecular flexibility index (Phi) is 2.37. The normalized spacial score (nSPS) is 13.3. The van der Waals surface area contributed by atoms with E-state index < -0.39 is 0 Å². The van der Waals surface area contributed by atoms with Gasteiger partial charge in [0.25, 0.3) is 11.8 Å². The third-order valence-corrected chi connectivity index (χ3v) is 1.64. The molecule has 0 aromatic heterocycles. The van der Waals surface area contributed by atoms with Crippen molar-refractivity contribution in [1.82, 2.24) is 5.32 Å². The number of carbonyl (C=O) groups excluding carboxylic acids is 2. The molecule has 12 heavy (non-hydrogen) atoms. The Morgan fingerprint density at radius 3 is 1.83 bits per heavy atom.